The molecule has 7 nitrogen and oxygen atoms in total. The Morgan fingerprint density at radius 2 is 1.91 bits per heavy atom. The second kappa shape index (κ2) is 10.2. The molecule has 2 N–H and O–H groups in total. The molecule has 2 saturated carbocycles. The van der Waals surface area contributed by atoms with E-state index < -0.39 is 46.4 Å². The minimum atomic E-state index is -5.18. The molecule has 0 radical (unpaired) electrons. The number of piperidine rings is 1. The maximum atomic E-state index is 14.5. The van der Waals surface area contributed by atoms with Gasteiger partial charge in [-0.25, -0.2) is 0 Å². The number of halogens is 3. The van der Waals surface area contributed by atoms with Crippen LogP contribution < -0.4 is 5.32 Å². The molecule has 4 fully saturated rings. The maximum Gasteiger partial charge on any atom is 0.425 e. The monoisotopic (exact) mass is 601 g/mol. The predicted molar refractivity (Wildman–Crippen MR) is 153 cm³/mol. The number of hydrogen-bond donors (Lipinski definition) is 2. The number of aliphatic hydroxyl groups is 1. The molecule has 1 aromatic rings. The number of nitrogens with zero attached hydrogens (tertiary/aromatic N) is 1. The van der Waals surface area contributed by atoms with E-state index in [0.29, 0.717) is 18.4 Å². The number of alkyl halides is 3. The molecule has 2 bridgehead atoms. The van der Waals surface area contributed by atoms with Crippen LogP contribution in [0.5, 0.6) is 0 Å². The van der Waals surface area contributed by atoms with Crippen LogP contribution >= 0.6 is 0 Å². The smallest absolute Gasteiger partial charge is 0.425 e. The number of likely N-dealkylation sites (tertiary alicyclic amines) is 1. The molecule has 0 aromatic heterocycles. The van der Waals surface area contributed by atoms with Crippen LogP contribution in [0.4, 0.5) is 13.2 Å². The molecule has 2 heterocycles. The number of carbonyl (C=O) groups is 2. The summed E-state index contributed by atoms with van der Waals surface area (Å²) in [5.41, 5.74) is -3.12. The number of amides is 1. The summed E-state index contributed by atoms with van der Waals surface area (Å²) < 4.78 is 56.9. The molecule has 2 aliphatic heterocycles. The lowest BCUT2D eigenvalue weighted by molar-refractivity contribution is -0.949. The van der Waals surface area contributed by atoms with Crippen LogP contribution in [0.15, 0.2) is 59.4 Å². The zero-order valence-corrected chi connectivity index (χ0v) is 25.0. The Balaban J connectivity index is 1.49. The number of nitrogens with one attached hydrogen (secondary N) is 1. The molecule has 3 unspecified atom stereocenters. The van der Waals surface area contributed by atoms with Crippen molar-refractivity contribution in [1.29, 1.82) is 0 Å². The fraction of sp³-hybridized carbons (Fsp3) is 0.576. The van der Waals surface area contributed by atoms with Gasteiger partial charge in [0.15, 0.2) is 11.3 Å². The normalized spacial score (nSPS) is 36.7. The van der Waals surface area contributed by atoms with Gasteiger partial charge in [0.1, 0.15) is 5.76 Å². The van der Waals surface area contributed by atoms with E-state index in [9.17, 15) is 27.9 Å². The minimum Gasteiger partial charge on any atom is -0.506 e. The van der Waals surface area contributed by atoms with Crippen LogP contribution in [0.1, 0.15) is 58.4 Å². The van der Waals surface area contributed by atoms with Crippen molar-refractivity contribution in [1.82, 2.24) is 5.32 Å². The van der Waals surface area contributed by atoms with Crippen molar-refractivity contribution >= 4 is 17.6 Å². The molecule has 232 valence electrons. The van der Waals surface area contributed by atoms with Crippen molar-refractivity contribution in [2.75, 3.05) is 20.1 Å². The lowest BCUT2D eigenvalue weighted by Crippen LogP contribution is -2.72. The third kappa shape index (κ3) is 4.55. The second-order valence-electron chi connectivity index (χ2n) is 13.6. The summed E-state index contributed by atoms with van der Waals surface area (Å²) in [7, 11) is 2.32. The van der Waals surface area contributed by atoms with E-state index in [4.69, 9.17) is 9.47 Å². The van der Waals surface area contributed by atoms with Gasteiger partial charge in [-0.2, -0.15) is 13.2 Å². The predicted octanol–water partition coefficient (Wildman–Crippen LogP) is 5.80. The van der Waals surface area contributed by atoms with E-state index in [1.54, 1.807) is 12.1 Å². The Morgan fingerprint density at radius 1 is 1.19 bits per heavy atom. The highest BCUT2D eigenvalue weighted by Gasteiger charge is 2.76. The maximum absolute atomic E-state index is 14.5. The molecular weight excluding hydrogens is 561 g/mol. The molecule has 1 aromatic carbocycles. The Bertz CT molecular complexity index is 1420. The van der Waals surface area contributed by atoms with Crippen molar-refractivity contribution < 1.29 is 41.8 Å². The van der Waals surface area contributed by atoms with Gasteiger partial charge >= 0.3 is 12.1 Å². The molecule has 6 rings (SSSR count). The molecule has 3 aliphatic carbocycles. The first-order chi connectivity index (χ1) is 20.2. The Labute approximate surface area is 250 Å². The van der Waals surface area contributed by atoms with E-state index >= 15 is 0 Å². The average Bonchev–Trinajstić information content (AvgIpc) is 3.21. The minimum absolute atomic E-state index is 0.0196. The quantitative estimate of drug-likeness (QED) is 0.187. The summed E-state index contributed by atoms with van der Waals surface area (Å²) in [5, 5.41) is 13.4. The Hall–Kier alpha value is -3.11. The number of quaternary nitrogens is 1. The van der Waals surface area contributed by atoms with Crippen molar-refractivity contribution in [3.05, 3.63) is 65.0 Å². The van der Waals surface area contributed by atoms with Gasteiger partial charge < -0.3 is 24.4 Å². The molecule has 10 heteroatoms. The molecule has 7 atom stereocenters. The van der Waals surface area contributed by atoms with Gasteiger partial charge in [-0.05, 0) is 18.9 Å². The van der Waals surface area contributed by atoms with Gasteiger partial charge in [0, 0.05) is 48.5 Å². The van der Waals surface area contributed by atoms with Crippen LogP contribution in [0.25, 0.3) is 5.76 Å². The molecule has 2 saturated heterocycles. The Morgan fingerprint density at radius 3 is 2.56 bits per heavy atom. The van der Waals surface area contributed by atoms with E-state index in [0.717, 1.165) is 48.8 Å². The van der Waals surface area contributed by atoms with Crippen LogP contribution in [0.2, 0.25) is 0 Å². The van der Waals surface area contributed by atoms with Gasteiger partial charge in [-0.1, -0.05) is 62.2 Å². The SMILES string of the molecule is CC(=O)OC1=CC=C2C[C@@H]3[C@@H]4CCC[C@@H]5OC1(NC(=O)C(=C(O)c1ccccc1)C(F)(F)F)C2[C@@]54CC[N+]3(C)CC(C)C. The first-order valence-corrected chi connectivity index (χ1v) is 15.2. The van der Waals surface area contributed by atoms with E-state index in [-0.39, 0.29) is 23.3 Å². The van der Waals surface area contributed by atoms with E-state index in [1.165, 1.54) is 31.2 Å². The van der Waals surface area contributed by atoms with Crippen molar-refractivity contribution in [3.8, 4) is 0 Å². The topological polar surface area (TPSA) is 84.9 Å². The highest BCUT2D eigenvalue weighted by Crippen LogP contribution is 2.70. The number of ether oxygens (including phenoxy) is 2. The zero-order valence-electron chi connectivity index (χ0n) is 25.0. The fourth-order valence-corrected chi connectivity index (χ4v) is 9.46. The fourth-order valence-electron chi connectivity index (χ4n) is 9.46. The first kappa shape index (κ1) is 29.9. The largest absolute Gasteiger partial charge is 0.506 e. The third-order valence-electron chi connectivity index (χ3n) is 10.6. The molecule has 1 spiro atoms. The highest BCUT2D eigenvalue weighted by atomic mass is 19.4. The van der Waals surface area contributed by atoms with Crippen molar-refractivity contribution in [3.63, 3.8) is 0 Å². The van der Waals surface area contributed by atoms with Crippen molar-refractivity contribution in [2.45, 2.75) is 76.9 Å². The van der Waals surface area contributed by atoms with Crippen LogP contribution in [0, 0.1) is 23.2 Å². The van der Waals surface area contributed by atoms with Gasteiger partial charge in [0.25, 0.3) is 5.91 Å². The number of carbonyl (C=O) groups excluding carboxylic acids is 2. The van der Waals surface area contributed by atoms with E-state index in [2.05, 4.69) is 26.2 Å². The average molecular weight is 602 g/mol. The summed E-state index contributed by atoms with van der Waals surface area (Å²) in [6.07, 6.45) is 2.05. The summed E-state index contributed by atoms with van der Waals surface area (Å²) in [4.78, 5) is 26.1. The van der Waals surface area contributed by atoms with Crippen LogP contribution in [-0.2, 0) is 19.1 Å². The van der Waals surface area contributed by atoms with Gasteiger partial charge in [-0.15, -0.1) is 0 Å². The lowest BCUT2D eigenvalue weighted by Gasteiger charge is -2.64. The zero-order chi connectivity index (χ0) is 30.9. The number of aliphatic hydroxyl groups excluding tert-OH is 1. The standard InChI is InChI=1S/C33H39F3N2O5/c1-19(2)18-38(4)16-15-31-23-11-8-12-25(31)43-32(26(42-20(3)39)14-13-22(29(31)32)17-24(23)38)37-30(41)27(33(34,35)36)28(40)21-9-6-5-7-10-21/h5-7,9-10,13-14,19,23-25,29H,8,11-12,15-18H2,1-4H3,(H-,37,40,41)/p+1/t23-,24+,25-,29?,31+,32?,38?/m0/s1. The highest BCUT2D eigenvalue weighted by molar-refractivity contribution is 6.01. The number of allylic oxidation sites excluding steroid dienone is 2. The number of hydrogen-bond acceptors (Lipinski definition) is 5. The van der Waals surface area contributed by atoms with E-state index in [1.807, 2.05) is 6.08 Å². The lowest BCUT2D eigenvalue weighted by atomic mass is 9.46. The number of esters is 1. The van der Waals surface area contributed by atoms with Gasteiger partial charge in [0.05, 0.1) is 32.3 Å². The molecule has 1 amide bonds. The third-order valence-corrected chi connectivity index (χ3v) is 10.6. The number of rotatable bonds is 6. The van der Waals surface area contributed by atoms with Gasteiger partial charge in [0.2, 0.25) is 5.72 Å². The van der Waals surface area contributed by atoms with Crippen molar-refractivity contribution in [2.24, 2.45) is 23.2 Å². The van der Waals surface area contributed by atoms with Gasteiger partial charge in [-0.3, -0.25) is 9.59 Å². The number of benzene rings is 1. The summed E-state index contributed by atoms with van der Waals surface area (Å²) >= 11 is 0. The van der Waals surface area contributed by atoms with Crippen LogP contribution in [-0.4, -0.2) is 65.7 Å². The Kier molecular flexibility index (Phi) is 7.12. The van der Waals surface area contributed by atoms with Crippen LogP contribution in [0.3, 0.4) is 0 Å². The summed E-state index contributed by atoms with van der Waals surface area (Å²) in [6, 6.07) is 7.48. The molecule has 5 aliphatic rings. The summed E-state index contributed by atoms with van der Waals surface area (Å²) in [6.45, 7) is 7.59. The first-order valence-electron chi connectivity index (χ1n) is 15.2. The molecule has 43 heavy (non-hydrogen) atoms. The second-order valence-corrected chi connectivity index (χ2v) is 13.6. The molecular formula is C33H40F3N2O5+. The summed E-state index contributed by atoms with van der Waals surface area (Å²) in [5.74, 6) is -3.17.